The smallest absolute Gasteiger partial charge is 0.307 e. The molecule has 0 aromatic carbocycles. The maximum absolute atomic E-state index is 10.9. The quantitative estimate of drug-likeness (QED) is 0.833. The van der Waals surface area contributed by atoms with Gasteiger partial charge in [0.1, 0.15) is 0 Å². The van der Waals surface area contributed by atoms with Crippen LogP contribution in [0.15, 0.2) is 0 Å². The number of carboxylic acid groups (broad SMARTS) is 1. The summed E-state index contributed by atoms with van der Waals surface area (Å²) >= 11 is 0. The molecular formula is C15H27NO3. The summed E-state index contributed by atoms with van der Waals surface area (Å²) in [5.74, 6) is -1.03. The minimum absolute atomic E-state index is 0.169. The molecule has 2 rings (SSSR count). The van der Waals surface area contributed by atoms with E-state index in [1.54, 1.807) is 6.92 Å². The van der Waals surface area contributed by atoms with Crippen molar-refractivity contribution in [3.8, 4) is 0 Å². The Morgan fingerprint density at radius 3 is 2.68 bits per heavy atom. The van der Waals surface area contributed by atoms with Crippen molar-refractivity contribution in [1.82, 2.24) is 4.90 Å². The Kier molecular flexibility index (Phi) is 4.85. The molecule has 1 N–H and O–H groups in total. The normalized spacial score (nSPS) is 27.8. The van der Waals surface area contributed by atoms with E-state index < -0.39 is 5.97 Å². The molecule has 0 radical (unpaired) electrons. The fraction of sp³-hybridized carbons (Fsp3) is 0.933. The van der Waals surface area contributed by atoms with Crippen LogP contribution in [-0.2, 0) is 9.53 Å². The van der Waals surface area contributed by atoms with Gasteiger partial charge >= 0.3 is 5.97 Å². The number of ether oxygens (including phenoxy) is 1. The van der Waals surface area contributed by atoms with E-state index in [1.807, 2.05) is 7.05 Å². The standard InChI is InChI=1S/C15H27NO3/c1-12(14(17)18)10-16(2)11-13-6-9-15(19-13)7-4-3-5-8-15/h12-13H,3-11H2,1-2H3,(H,17,18). The molecule has 1 spiro atoms. The highest BCUT2D eigenvalue weighted by Gasteiger charge is 2.40. The van der Waals surface area contributed by atoms with Gasteiger partial charge in [-0.1, -0.05) is 26.2 Å². The molecule has 2 atom stereocenters. The Balaban J connectivity index is 1.76. The van der Waals surface area contributed by atoms with Crippen LogP contribution in [-0.4, -0.2) is 47.8 Å². The summed E-state index contributed by atoms with van der Waals surface area (Å²) in [6.45, 7) is 3.22. The van der Waals surface area contributed by atoms with Gasteiger partial charge in [0.05, 0.1) is 17.6 Å². The summed E-state index contributed by atoms with van der Waals surface area (Å²) in [6, 6.07) is 0. The highest BCUT2D eigenvalue weighted by molar-refractivity contribution is 5.69. The molecule has 0 amide bonds. The van der Waals surface area contributed by atoms with E-state index in [-0.39, 0.29) is 11.5 Å². The molecular weight excluding hydrogens is 242 g/mol. The van der Waals surface area contributed by atoms with Crippen molar-refractivity contribution in [2.75, 3.05) is 20.1 Å². The molecule has 1 aliphatic heterocycles. The van der Waals surface area contributed by atoms with Crippen LogP contribution in [0.25, 0.3) is 0 Å². The van der Waals surface area contributed by atoms with E-state index in [1.165, 1.54) is 38.5 Å². The van der Waals surface area contributed by atoms with Crippen LogP contribution in [0.4, 0.5) is 0 Å². The van der Waals surface area contributed by atoms with E-state index >= 15 is 0 Å². The molecule has 2 aliphatic rings. The maximum Gasteiger partial charge on any atom is 0.307 e. The van der Waals surface area contributed by atoms with E-state index in [2.05, 4.69) is 4.90 Å². The van der Waals surface area contributed by atoms with Gasteiger partial charge < -0.3 is 14.7 Å². The fourth-order valence-corrected chi connectivity index (χ4v) is 3.56. The first-order chi connectivity index (χ1) is 9.01. The molecule has 4 heteroatoms. The van der Waals surface area contributed by atoms with Gasteiger partial charge in [0, 0.05) is 13.1 Å². The average Bonchev–Trinajstić information content (AvgIpc) is 2.72. The second kappa shape index (κ2) is 6.23. The third kappa shape index (κ3) is 3.93. The molecule has 0 bridgehead atoms. The summed E-state index contributed by atoms with van der Waals surface area (Å²) in [6.07, 6.45) is 9.02. The lowest BCUT2D eigenvalue weighted by Crippen LogP contribution is -2.37. The van der Waals surface area contributed by atoms with Gasteiger partial charge in [0.25, 0.3) is 0 Å². The Labute approximate surface area is 116 Å². The molecule has 0 aromatic heterocycles. The van der Waals surface area contributed by atoms with Crippen molar-refractivity contribution < 1.29 is 14.6 Å². The van der Waals surface area contributed by atoms with Crippen LogP contribution < -0.4 is 0 Å². The SMILES string of the molecule is CC(CN(C)CC1CCC2(CCCCC2)O1)C(=O)O. The predicted molar refractivity (Wildman–Crippen MR) is 74.2 cm³/mol. The molecule has 1 heterocycles. The number of rotatable bonds is 5. The fourth-order valence-electron chi connectivity index (χ4n) is 3.56. The molecule has 1 saturated carbocycles. The number of nitrogens with zero attached hydrogens (tertiary/aromatic N) is 1. The van der Waals surface area contributed by atoms with Crippen molar-refractivity contribution in [1.29, 1.82) is 0 Å². The van der Waals surface area contributed by atoms with E-state index in [0.717, 1.165) is 13.0 Å². The Morgan fingerprint density at radius 1 is 1.37 bits per heavy atom. The molecule has 4 nitrogen and oxygen atoms in total. The van der Waals surface area contributed by atoms with Gasteiger partial charge in [-0.05, 0) is 32.7 Å². The van der Waals surface area contributed by atoms with Gasteiger partial charge in [0.15, 0.2) is 0 Å². The van der Waals surface area contributed by atoms with Gasteiger partial charge in [-0.15, -0.1) is 0 Å². The van der Waals surface area contributed by atoms with Crippen LogP contribution >= 0.6 is 0 Å². The number of aliphatic carboxylic acids is 1. The van der Waals surface area contributed by atoms with Crippen molar-refractivity contribution in [3.05, 3.63) is 0 Å². The van der Waals surface area contributed by atoms with E-state index in [4.69, 9.17) is 9.84 Å². The summed E-state index contributed by atoms with van der Waals surface area (Å²) < 4.78 is 6.31. The second-order valence-electron chi connectivity index (χ2n) is 6.48. The minimum atomic E-state index is -0.719. The van der Waals surface area contributed by atoms with Crippen LogP contribution in [0.3, 0.4) is 0 Å². The largest absolute Gasteiger partial charge is 0.481 e. The molecule has 2 unspecified atom stereocenters. The van der Waals surface area contributed by atoms with E-state index in [0.29, 0.717) is 12.6 Å². The van der Waals surface area contributed by atoms with Crippen molar-refractivity contribution >= 4 is 5.97 Å². The number of carbonyl (C=O) groups is 1. The lowest BCUT2D eigenvalue weighted by molar-refractivity contribution is -0.141. The number of hydrogen-bond donors (Lipinski definition) is 1. The van der Waals surface area contributed by atoms with Crippen molar-refractivity contribution in [2.45, 2.75) is 63.6 Å². The van der Waals surface area contributed by atoms with E-state index in [9.17, 15) is 4.79 Å². The lowest BCUT2D eigenvalue weighted by Gasteiger charge is -2.34. The van der Waals surface area contributed by atoms with Crippen molar-refractivity contribution in [3.63, 3.8) is 0 Å². The summed E-state index contributed by atoms with van der Waals surface area (Å²) in [4.78, 5) is 13.0. The Morgan fingerprint density at radius 2 is 2.05 bits per heavy atom. The molecule has 110 valence electrons. The van der Waals surface area contributed by atoms with Gasteiger partial charge in [0.2, 0.25) is 0 Å². The average molecular weight is 269 g/mol. The topological polar surface area (TPSA) is 49.8 Å². The predicted octanol–water partition coefficient (Wildman–Crippen LogP) is 2.52. The second-order valence-corrected chi connectivity index (χ2v) is 6.48. The summed E-state index contributed by atoms with van der Waals surface area (Å²) in [7, 11) is 1.99. The molecule has 0 aromatic rings. The number of carboxylic acids is 1. The number of hydrogen-bond acceptors (Lipinski definition) is 3. The highest BCUT2D eigenvalue weighted by atomic mass is 16.5. The summed E-state index contributed by atoms with van der Waals surface area (Å²) in [5.41, 5.74) is 0.169. The van der Waals surface area contributed by atoms with Gasteiger partial charge in [-0.2, -0.15) is 0 Å². The van der Waals surface area contributed by atoms with Gasteiger partial charge in [-0.3, -0.25) is 4.79 Å². The highest BCUT2D eigenvalue weighted by Crippen LogP contribution is 2.41. The lowest BCUT2D eigenvalue weighted by atomic mass is 9.83. The summed E-state index contributed by atoms with van der Waals surface area (Å²) in [5, 5.41) is 8.93. The Bertz CT molecular complexity index is 313. The zero-order valence-corrected chi connectivity index (χ0v) is 12.2. The first kappa shape index (κ1) is 14.8. The number of likely N-dealkylation sites (N-methyl/N-ethyl adjacent to an activating group) is 1. The van der Waals surface area contributed by atoms with Gasteiger partial charge in [-0.25, -0.2) is 0 Å². The zero-order chi connectivity index (χ0) is 13.9. The first-order valence-corrected chi connectivity index (χ1v) is 7.60. The molecule has 1 aliphatic carbocycles. The van der Waals surface area contributed by atoms with Crippen LogP contribution in [0.2, 0.25) is 0 Å². The van der Waals surface area contributed by atoms with Crippen LogP contribution in [0.5, 0.6) is 0 Å². The molecule has 19 heavy (non-hydrogen) atoms. The maximum atomic E-state index is 10.9. The van der Waals surface area contributed by atoms with Crippen molar-refractivity contribution in [2.24, 2.45) is 5.92 Å². The first-order valence-electron chi connectivity index (χ1n) is 7.60. The van der Waals surface area contributed by atoms with Crippen LogP contribution in [0, 0.1) is 5.92 Å². The molecule has 1 saturated heterocycles. The minimum Gasteiger partial charge on any atom is -0.481 e. The van der Waals surface area contributed by atoms with Crippen LogP contribution in [0.1, 0.15) is 51.9 Å². The monoisotopic (exact) mass is 269 g/mol. The third-order valence-corrected chi connectivity index (χ3v) is 4.63. The Hall–Kier alpha value is -0.610. The third-order valence-electron chi connectivity index (χ3n) is 4.63. The zero-order valence-electron chi connectivity index (χ0n) is 12.2. The molecule has 2 fully saturated rings.